The summed E-state index contributed by atoms with van der Waals surface area (Å²) in [6.07, 6.45) is 1.36. The van der Waals surface area contributed by atoms with Crippen molar-refractivity contribution in [2.24, 2.45) is 5.92 Å². The van der Waals surface area contributed by atoms with E-state index in [2.05, 4.69) is 5.32 Å². The van der Waals surface area contributed by atoms with Crippen molar-refractivity contribution in [2.75, 3.05) is 34.3 Å². The molecule has 1 saturated heterocycles. The fourth-order valence-corrected chi connectivity index (χ4v) is 4.22. The van der Waals surface area contributed by atoms with Gasteiger partial charge in [-0.3, -0.25) is 4.79 Å². The molecule has 0 saturated carbocycles. The van der Waals surface area contributed by atoms with Crippen molar-refractivity contribution in [3.63, 3.8) is 0 Å². The van der Waals surface area contributed by atoms with Gasteiger partial charge in [0.1, 0.15) is 5.75 Å². The van der Waals surface area contributed by atoms with Crippen molar-refractivity contribution in [2.45, 2.75) is 25.8 Å². The van der Waals surface area contributed by atoms with Gasteiger partial charge in [-0.05, 0) is 25.8 Å². The maximum absolute atomic E-state index is 12.6. The van der Waals surface area contributed by atoms with E-state index < -0.39 is 10.2 Å². The van der Waals surface area contributed by atoms with Crippen LogP contribution in [0.3, 0.4) is 0 Å². The highest BCUT2D eigenvalue weighted by molar-refractivity contribution is 7.86. The first kappa shape index (κ1) is 19.7. The number of carbonyl (C=O) groups is 1. The van der Waals surface area contributed by atoms with E-state index in [1.165, 1.54) is 22.7 Å². The quantitative estimate of drug-likeness (QED) is 0.822. The molecule has 2 rings (SSSR count). The van der Waals surface area contributed by atoms with E-state index >= 15 is 0 Å². The Bertz CT molecular complexity index is 706. The molecule has 2 atom stereocenters. The van der Waals surface area contributed by atoms with Crippen molar-refractivity contribution in [3.05, 3.63) is 29.8 Å². The minimum absolute atomic E-state index is 0.128. The highest BCUT2D eigenvalue weighted by Gasteiger charge is 2.34. The Morgan fingerprint density at radius 1 is 1.36 bits per heavy atom. The molecule has 0 aromatic heterocycles. The number of hydrogen-bond acceptors (Lipinski definition) is 4. The van der Waals surface area contributed by atoms with Crippen LogP contribution in [0.15, 0.2) is 24.3 Å². The lowest BCUT2D eigenvalue weighted by Crippen LogP contribution is -2.49. The molecule has 1 heterocycles. The van der Waals surface area contributed by atoms with Crippen LogP contribution >= 0.6 is 0 Å². The van der Waals surface area contributed by atoms with E-state index in [0.29, 0.717) is 19.4 Å². The standard InChI is InChI=1S/C17H27N3O4S/c1-13(15-9-5-6-10-16(15)24-4)18-17(21)14-8-7-11-20(12-14)25(22,23)19(2)3/h5-6,9-10,13-14H,7-8,11-12H2,1-4H3,(H,18,21). The number of amides is 1. The van der Waals surface area contributed by atoms with Gasteiger partial charge in [-0.25, -0.2) is 0 Å². The molecule has 0 spiro atoms. The zero-order valence-electron chi connectivity index (χ0n) is 15.2. The Balaban J connectivity index is 2.05. The molecule has 25 heavy (non-hydrogen) atoms. The predicted octanol–water partition coefficient (Wildman–Crippen LogP) is 1.39. The molecule has 1 amide bonds. The molecule has 1 aliphatic heterocycles. The Kier molecular flexibility index (Phi) is 6.42. The molecular weight excluding hydrogens is 342 g/mol. The number of nitrogens with zero attached hydrogens (tertiary/aromatic N) is 2. The summed E-state index contributed by atoms with van der Waals surface area (Å²) in [5.41, 5.74) is 0.895. The number of nitrogens with one attached hydrogen (secondary N) is 1. The Hall–Kier alpha value is -1.64. The van der Waals surface area contributed by atoms with Crippen molar-refractivity contribution in [3.8, 4) is 5.75 Å². The number of hydrogen-bond donors (Lipinski definition) is 1. The molecule has 140 valence electrons. The van der Waals surface area contributed by atoms with Crippen LogP contribution in [-0.2, 0) is 15.0 Å². The lowest BCUT2D eigenvalue weighted by molar-refractivity contribution is -0.126. The number of ether oxygens (including phenoxy) is 1. The van der Waals surface area contributed by atoms with Crippen molar-refractivity contribution < 1.29 is 17.9 Å². The summed E-state index contributed by atoms with van der Waals surface area (Å²) in [5, 5.41) is 2.99. The van der Waals surface area contributed by atoms with Crippen LogP contribution in [0.25, 0.3) is 0 Å². The summed E-state index contributed by atoms with van der Waals surface area (Å²) < 4.78 is 32.5. The Morgan fingerprint density at radius 2 is 2.04 bits per heavy atom. The molecule has 2 unspecified atom stereocenters. The minimum atomic E-state index is -3.49. The third kappa shape index (κ3) is 4.50. The average molecular weight is 369 g/mol. The smallest absolute Gasteiger partial charge is 0.281 e. The SMILES string of the molecule is COc1ccccc1C(C)NC(=O)C1CCCN(S(=O)(=O)N(C)C)C1. The molecule has 7 nitrogen and oxygen atoms in total. The second-order valence-corrected chi connectivity index (χ2v) is 8.60. The van der Waals surface area contributed by atoms with Crippen LogP contribution in [-0.4, -0.2) is 57.2 Å². The van der Waals surface area contributed by atoms with Gasteiger partial charge in [0.05, 0.1) is 19.1 Å². The molecule has 1 aliphatic rings. The zero-order valence-corrected chi connectivity index (χ0v) is 16.0. The fraction of sp³-hybridized carbons (Fsp3) is 0.588. The monoisotopic (exact) mass is 369 g/mol. The molecule has 1 aromatic carbocycles. The van der Waals surface area contributed by atoms with Crippen molar-refractivity contribution in [1.29, 1.82) is 0 Å². The zero-order chi connectivity index (χ0) is 18.6. The highest BCUT2D eigenvalue weighted by Crippen LogP contribution is 2.26. The first-order valence-electron chi connectivity index (χ1n) is 8.38. The largest absolute Gasteiger partial charge is 0.496 e. The maximum Gasteiger partial charge on any atom is 0.281 e. The van der Waals surface area contributed by atoms with Gasteiger partial charge in [-0.1, -0.05) is 18.2 Å². The molecular formula is C17H27N3O4S. The van der Waals surface area contributed by atoms with Gasteiger partial charge in [0.15, 0.2) is 0 Å². The van der Waals surface area contributed by atoms with Gasteiger partial charge in [-0.2, -0.15) is 17.0 Å². The number of methoxy groups -OCH3 is 1. The predicted molar refractivity (Wildman–Crippen MR) is 96.5 cm³/mol. The third-order valence-electron chi connectivity index (χ3n) is 4.51. The van der Waals surface area contributed by atoms with Gasteiger partial charge in [0, 0.05) is 32.7 Å². The molecule has 0 aliphatic carbocycles. The molecule has 0 bridgehead atoms. The van der Waals surface area contributed by atoms with Crippen LogP contribution in [0, 0.1) is 5.92 Å². The number of rotatable bonds is 6. The van der Waals surface area contributed by atoms with Crippen LogP contribution in [0.5, 0.6) is 5.75 Å². The topological polar surface area (TPSA) is 79.0 Å². The second kappa shape index (κ2) is 8.16. The van der Waals surface area contributed by atoms with Crippen LogP contribution in [0.4, 0.5) is 0 Å². The molecule has 1 aromatic rings. The van der Waals surface area contributed by atoms with E-state index in [0.717, 1.165) is 11.3 Å². The van der Waals surface area contributed by atoms with Crippen LogP contribution < -0.4 is 10.1 Å². The van der Waals surface area contributed by atoms with E-state index in [-0.39, 0.29) is 24.4 Å². The van der Waals surface area contributed by atoms with Crippen molar-refractivity contribution >= 4 is 16.1 Å². The summed E-state index contributed by atoms with van der Waals surface area (Å²) in [5.74, 6) is 0.244. The summed E-state index contributed by atoms with van der Waals surface area (Å²) in [7, 11) is 1.11. The van der Waals surface area contributed by atoms with Gasteiger partial charge < -0.3 is 10.1 Å². The highest BCUT2D eigenvalue weighted by atomic mass is 32.2. The van der Waals surface area contributed by atoms with E-state index in [1.54, 1.807) is 7.11 Å². The lowest BCUT2D eigenvalue weighted by atomic mass is 9.97. The second-order valence-electron chi connectivity index (χ2n) is 6.46. The molecule has 1 fully saturated rings. The third-order valence-corrected chi connectivity index (χ3v) is 6.41. The number of para-hydroxylation sites is 1. The normalized spacial score (nSPS) is 20.3. The van der Waals surface area contributed by atoms with E-state index in [9.17, 15) is 13.2 Å². The van der Waals surface area contributed by atoms with Gasteiger partial charge >= 0.3 is 0 Å². The van der Waals surface area contributed by atoms with Crippen LogP contribution in [0.1, 0.15) is 31.4 Å². The summed E-state index contributed by atoms with van der Waals surface area (Å²) in [4.78, 5) is 12.6. The number of piperidine rings is 1. The summed E-state index contributed by atoms with van der Waals surface area (Å²) in [6.45, 7) is 2.56. The Morgan fingerprint density at radius 3 is 2.68 bits per heavy atom. The van der Waals surface area contributed by atoms with E-state index in [1.807, 2.05) is 31.2 Å². The summed E-state index contributed by atoms with van der Waals surface area (Å²) >= 11 is 0. The number of carbonyl (C=O) groups excluding carboxylic acids is 1. The molecule has 0 radical (unpaired) electrons. The van der Waals surface area contributed by atoms with E-state index in [4.69, 9.17) is 4.74 Å². The first-order chi connectivity index (χ1) is 11.8. The molecule has 1 N–H and O–H groups in total. The van der Waals surface area contributed by atoms with Gasteiger partial charge in [0.2, 0.25) is 5.91 Å². The van der Waals surface area contributed by atoms with Gasteiger partial charge in [0.25, 0.3) is 10.2 Å². The average Bonchev–Trinajstić information content (AvgIpc) is 2.61. The minimum Gasteiger partial charge on any atom is -0.496 e. The van der Waals surface area contributed by atoms with Crippen molar-refractivity contribution in [1.82, 2.24) is 13.9 Å². The number of benzene rings is 1. The Labute approximate surface area is 150 Å². The molecule has 8 heteroatoms. The maximum atomic E-state index is 12.6. The summed E-state index contributed by atoms with van der Waals surface area (Å²) in [6, 6.07) is 7.32. The fourth-order valence-electron chi connectivity index (χ4n) is 3.03. The van der Waals surface area contributed by atoms with Crippen LogP contribution in [0.2, 0.25) is 0 Å². The first-order valence-corrected chi connectivity index (χ1v) is 9.78. The lowest BCUT2D eigenvalue weighted by Gasteiger charge is -2.33. The van der Waals surface area contributed by atoms with Gasteiger partial charge in [-0.15, -0.1) is 0 Å².